The van der Waals surface area contributed by atoms with E-state index in [1.54, 1.807) is 0 Å². The Labute approximate surface area is 147 Å². The smallest absolute Gasteiger partial charge is 0.319 e. The molecule has 1 heterocycles. The predicted octanol–water partition coefficient (Wildman–Crippen LogP) is 2.61. The lowest BCUT2D eigenvalue weighted by Gasteiger charge is -2.14. The SMILES string of the molecule is Cc1cc(C)n(Cc2cccc(NC(=O)N[C@@H]3C=C[C@H](CO)C3)c2)n1. The van der Waals surface area contributed by atoms with Crippen molar-refractivity contribution in [3.8, 4) is 0 Å². The second-order valence-corrected chi connectivity index (χ2v) is 6.55. The summed E-state index contributed by atoms with van der Waals surface area (Å²) in [6, 6.07) is 9.54. The van der Waals surface area contributed by atoms with Crippen molar-refractivity contribution in [1.82, 2.24) is 15.1 Å². The number of anilines is 1. The van der Waals surface area contributed by atoms with Crippen molar-refractivity contribution in [3.63, 3.8) is 0 Å². The first-order valence-electron chi connectivity index (χ1n) is 8.50. The molecule has 6 heteroatoms. The van der Waals surface area contributed by atoms with Crippen LogP contribution < -0.4 is 10.6 Å². The van der Waals surface area contributed by atoms with Crippen LogP contribution in [0.1, 0.15) is 23.4 Å². The molecule has 3 N–H and O–H groups in total. The van der Waals surface area contributed by atoms with Crippen LogP contribution in [0.15, 0.2) is 42.5 Å². The third-order valence-corrected chi connectivity index (χ3v) is 4.34. The number of aliphatic hydroxyl groups is 1. The molecule has 0 spiro atoms. The van der Waals surface area contributed by atoms with E-state index < -0.39 is 0 Å². The standard InChI is InChI=1S/C19H24N4O2/c1-13-8-14(2)23(22-13)11-15-4-3-5-17(9-15)20-19(25)21-18-7-6-16(10-18)12-24/h3-9,16,18,24H,10-12H2,1-2H3,(H2,20,21,25)/t16-,18+/m0/s1. The largest absolute Gasteiger partial charge is 0.396 e. The highest BCUT2D eigenvalue weighted by atomic mass is 16.3. The Bertz CT molecular complexity index is 781. The number of hydrogen-bond acceptors (Lipinski definition) is 3. The number of carbonyl (C=O) groups excluding carboxylic acids is 1. The molecule has 1 aliphatic rings. The molecule has 1 aromatic carbocycles. The van der Waals surface area contributed by atoms with E-state index in [0.717, 1.165) is 29.1 Å². The van der Waals surface area contributed by atoms with E-state index in [0.29, 0.717) is 6.54 Å². The summed E-state index contributed by atoms with van der Waals surface area (Å²) in [7, 11) is 0. The molecule has 0 saturated carbocycles. The van der Waals surface area contributed by atoms with Crippen LogP contribution in [-0.2, 0) is 6.54 Å². The van der Waals surface area contributed by atoms with Gasteiger partial charge in [-0.2, -0.15) is 5.10 Å². The molecule has 2 atom stereocenters. The Balaban J connectivity index is 1.59. The third kappa shape index (κ3) is 4.48. The Hall–Kier alpha value is -2.60. The van der Waals surface area contributed by atoms with Gasteiger partial charge in [0.05, 0.1) is 12.2 Å². The van der Waals surface area contributed by atoms with Crippen molar-refractivity contribution < 1.29 is 9.90 Å². The van der Waals surface area contributed by atoms with Gasteiger partial charge >= 0.3 is 6.03 Å². The fraction of sp³-hybridized carbons (Fsp3) is 0.368. The van der Waals surface area contributed by atoms with Crippen LogP contribution >= 0.6 is 0 Å². The third-order valence-electron chi connectivity index (χ3n) is 4.34. The lowest BCUT2D eigenvalue weighted by atomic mass is 10.1. The molecule has 25 heavy (non-hydrogen) atoms. The summed E-state index contributed by atoms with van der Waals surface area (Å²) >= 11 is 0. The first-order chi connectivity index (χ1) is 12.0. The monoisotopic (exact) mass is 340 g/mol. The maximum Gasteiger partial charge on any atom is 0.319 e. The number of aromatic nitrogens is 2. The zero-order valence-electron chi connectivity index (χ0n) is 14.6. The molecule has 1 aromatic heterocycles. The summed E-state index contributed by atoms with van der Waals surface area (Å²) < 4.78 is 1.95. The van der Waals surface area contributed by atoms with Crippen LogP contribution in [0.4, 0.5) is 10.5 Å². The van der Waals surface area contributed by atoms with Gasteiger partial charge in [0.15, 0.2) is 0 Å². The Morgan fingerprint density at radius 1 is 1.32 bits per heavy atom. The van der Waals surface area contributed by atoms with E-state index in [9.17, 15) is 4.79 Å². The molecule has 2 amide bonds. The van der Waals surface area contributed by atoms with Gasteiger partial charge in [-0.3, -0.25) is 4.68 Å². The second-order valence-electron chi connectivity index (χ2n) is 6.55. The summed E-state index contributed by atoms with van der Waals surface area (Å²) in [6.45, 7) is 4.79. The Morgan fingerprint density at radius 3 is 2.84 bits per heavy atom. The van der Waals surface area contributed by atoms with Gasteiger partial charge in [-0.25, -0.2) is 4.79 Å². The summed E-state index contributed by atoms with van der Waals surface area (Å²) in [5.41, 5.74) is 3.93. The highest BCUT2D eigenvalue weighted by molar-refractivity contribution is 5.89. The predicted molar refractivity (Wildman–Crippen MR) is 97.5 cm³/mol. The molecular weight excluding hydrogens is 316 g/mol. The Kier molecular flexibility index (Phi) is 5.19. The molecule has 2 aromatic rings. The Morgan fingerprint density at radius 2 is 2.16 bits per heavy atom. The number of nitrogens with zero attached hydrogens (tertiary/aromatic N) is 2. The van der Waals surface area contributed by atoms with Crippen molar-refractivity contribution >= 4 is 11.7 Å². The van der Waals surface area contributed by atoms with Gasteiger partial charge in [-0.15, -0.1) is 0 Å². The van der Waals surface area contributed by atoms with Crippen LogP contribution in [0.5, 0.6) is 0 Å². The minimum atomic E-state index is -0.239. The molecule has 1 aliphatic carbocycles. The minimum Gasteiger partial charge on any atom is -0.396 e. The maximum atomic E-state index is 12.2. The zero-order chi connectivity index (χ0) is 17.8. The molecule has 3 rings (SSSR count). The highest BCUT2D eigenvalue weighted by Gasteiger charge is 2.19. The van der Waals surface area contributed by atoms with Crippen molar-refractivity contribution in [1.29, 1.82) is 0 Å². The number of hydrogen-bond donors (Lipinski definition) is 3. The van der Waals surface area contributed by atoms with E-state index in [2.05, 4.69) is 15.7 Å². The van der Waals surface area contributed by atoms with E-state index in [4.69, 9.17) is 5.11 Å². The number of rotatable bonds is 5. The van der Waals surface area contributed by atoms with E-state index in [-0.39, 0.29) is 24.6 Å². The average Bonchev–Trinajstić information content (AvgIpc) is 3.14. The van der Waals surface area contributed by atoms with Crippen molar-refractivity contribution in [2.45, 2.75) is 32.9 Å². The molecule has 0 unspecified atom stereocenters. The molecule has 0 radical (unpaired) electrons. The fourth-order valence-electron chi connectivity index (χ4n) is 3.11. The van der Waals surface area contributed by atoms with Crippen LogP contribution in [0, 0.1) is 19.8 Å². The van der Waals surface area contributed by atoms with Crippen LogP contribution in [0.25, 0.3) is 0 Å². The van der Waals surface area contributed by atoms with Crippen molar-refractivity contribution in [2.24, 2.45) is 5.92 Å². The second kappa shape index (κ2) is 7.53. The molecule has 132 valence electrons. The summed E-state index contributed by atoms with van der Waals surface area (Å²) in [4.78, 5) is 12.2. The molecule has 0 aliphatic heterocycles. The molecule has 0 fully saturated rings. The van der Waals surface area contributed by atoms with E-state index >= 15 is 0 Å². The van der Waals surface area contributed by atoms with Gasteiger partial charge in [0.1, 0.15) is 0 Å². The minimum absolute atomic E-state index is 0.0324. The number of nitrogens with one attached hydrogen (secondary N) is 2. The normalized spacial score (nSPS) is 19.2. The van der Waals surface area contributed by atoms with E-state index in [1.165, 1.54) is 0 Å². The zero-order valence-corrected chi connectivity index (χ0v) is 14.6. The van der Waals surface area contributed by atoms with Crippen molar-refractivity contribution in [2.75, 3.05) is 11.9 Å². The number of benzene rings is 1. The highest BCUT2D eigenvalue weighted by Crippen LogP contribution is 2.17. The first kappa shape index (κ1) is 17.2. The number of aliphatic hydroxyl groups excluding tert-OH is 1. The van der Waals surface area contributed by atoms with E-state index in [1.807, 2.05) is 61.0 Å². The van der Waals surface area contributed by atoms with Gasteiger partial charge in [0.2, 0.25) is 0 Å². The van der Waals surface area contributed by atoms with Crippen molar-refractivity contribution in [3.05, 3.63) is 59.4 Å². The summed E-state index contributed by atoms with van der Waals surface area (Å²) in [6.07, 6.45) is 4.61. The molecular formula is C19H24N4O2. The van der Waals surface area contributed by atoms with Gasteiger partial charge in [0, 0.05) is 29.9 Å². The number of aryl methyl sites for hydroxylation is 2. The lowest BCUT2D eigenvalue weighted by molar-refractivity contribution is 0.238. The summed E-state index contributed by atoms with van der Waals surface area (Å²) in [5, 5.41) is 19.4. The molecule has 0 bridgehead atoms. The number of urea groups is 1. The van der Waals surface area contributed by atoms with Gasteiger partial charge in [-0.1, -0.05) is 24.3 Å². The quantitative estimate of drug-likeness (QED) is 0.732. The van der Waals surface area contributed by atoms with Crippen LogP contribution in [0.3, 0.4) is 0 Å². The number of carbonyl (C=O) groups is 1. The fourth-order valence-corrected chi connectivity index (χ4v) is 3.11. The summed E-state index contributed by atoms with van der Waals surface area (Å²) in [5.74, 6) is 0.134. The van der Waals surface area contributed by atoms with Gasteiger partial charge < -0.3 is 15.7 Å². The topological polar surface area (TPSA) is 79.2 Å². The molecule has 0 saturated heterocycles. The average molecular weight is 340 g/mol. The first-order valence-corrected chi connectivity index (χ1v) is 8.50. The van der Waals surface area contributed by atoms with Crippen LogP contribution in [-0.4, -0.2) is 33.6 Å². The van der Waals surface area contributed by atoms with Gasteiger partial charge in [-0.05, 0) is 44.0 Å². The number of amides is 2. The lowest BCUT2D eigenvalue weighted by Crippen LogP contribution is -2.36. The molecule has 6 nitrogen and oxygen atoms in total. The van der Waals surface area contributed by atoms with Gasteiger partial charge in [0.25, 0.3) is 0 Å². The van der Waals surface area contributed by atoms with Crippen LogP contribution in [0.2, 0.25) is 0 Å². The maximum absolute atomic E-state index is 12.2.